The molecule has 2 rings (SSSR count). The Morgan fingerprint density at radius 3 is 2.76 bits per heavy atom. The van der Waals surface area contributed by atoms with Crippen molar-refractivity contribution in [2.75, 3.05) is 25.9 Å². The van der Waals surface area contributed by atoms with Crippen LogP contribution in [0.25, 0.3) is 0 Å². The van der Waals surface area contributed by atoms with Gasteiger partial charge in [0.1, 0.15) is 0 Å². The Labute approximate surface area is 136 Å². The summed E-state index contributed by atoms with van der Waals surface area (Å²) in [4.78, 5) is 0. The predicted molar refractivity (Wildman–Crippen MR) is 87.6 cm³/mol. The average Bonchev–Trinajstić information content (AvgIpc) is 2.67. The minimum absolute atomic E-state index is 0.0645. The molecule has 0 saturated carbocycles. The minimum Gasteiger partial charge on any atom is -0.316 e. The standard InChI is InChI=1S/C14H20Cl2N2O2S/c1-17-21(19,20)9-11-3-2-6-18-8-12(11)10-4-5-13(15)14(16)7-10/h4-5,7,11-12,17-18H,2-3,6,8-9H2,1H3. The zero-order valence-electron chi connectivity index (χ0n) is 11.9. The van der Waals surface area contributed by atoms with Gasteiger partial charge in [-0.05, 0) is 50.0 Å². The van der Waals surface area contributed by atoms with Gasteiger partial charge in [0.25, 0.3) is 0 Å². The van der Waals surface area contributed by atoms with Gasteiger partial charge in [0.2, 0.25) is 10.0 Å². The van der Waals surface area contributed by atoms with Gasteiger partial charge in [0.05, 0.1) is 15.8 Å². The van der Waals surface area contributed by atoms with Crippen molar-refractivity contribution in [3.63, 3.8) is 0 Å². The van der Waals surface area contributed by atoms with Crippen LogP contribution in [0, 0.1) is 5.92 Å². The summed E-state index contributed by atoms with van der Waals surface area (Å²) in [5, 5.41) is 4.40. The van der Waals surface area contributed by atoms with Crippen LogP contribution in [0.5, 0.6) is 0 Å². The van der Waals surface area contributed by atoms with Gasteiger partial charge in [-0.15, -0.1) is 0 Å². The van der Waals surface area contributed by atoms with Crippen molar-refractivity contribution in [3.05, 3.63) is 33.8 Å². The molecule has 0 spiro atoms. The molecule has 2 atom stereocenters. The molecule has 1 saturated heterocycles. The fraction of sp³-hybridized carbons (Fsp3) is 0.571. The first-order valence-corrected chi connectivity index (χ1v) is 9.40. The maximum absolute atomic E-state index is 11.9. The van der Waals surface area contributed by atoms with Crippen molar-refractivity contribution in [3.8, 4) is 0 Å². The van der Waals surface area contributed by atoms with Gasteiger partial charge in [-0.1, -0.05) is 29.3 Å². The Balaban J connectivity index is 2.28. The number of hydrogen-bond donors (Lipinski definition) is 2. The lowest BCUT2D eigenvalue weighted by Gasteiger charge is -2.25. The van der Waals surface area contributed by atoms with Crippen LogP contribution >= 0.6 is 23.2 Å². The van der Waals surface area contributed by atoms with E-state index in [9.17, 15) is 8.42 Å². The van der Waals surface area contributed by atoms with Gasteiger partial charge in [0, 0.05) is 12.5 Å². The first-order valence-electron chi connectivity index (χ1n) is 7.00. The molecule has 0 amide bonds. The van der Waals surface area contributed by atoms with Crippen LogP contribution in [0.15, 0.2) is 18.2 Å². The van der Waals surface area contributed by atoms with E-state index in [0.29, 0.717) is 10.0 Å². The summed E-state index contributed by atoms with van der Waals surface area (Å²) in [5.74, 6) is 0.316. The monoisotopic (exact) mass is 350 g/mol. The number of rotatable bonds is 4. The maximum Gasteiger partial charge on any atom is 0.211 e. The lowest BCUT2D eigenvalue weighted by atomic mass is 9.85. The first kappa shape index (κ1) is 17.0. The molecule has 1 heterocycles. The van der Waals surface area contributed by atoms with Crippen LogP contribution in [0.3, 0.4) is 0 Å². The van der Waals surface area contributed by atoms with E-state index in [2.05, 4.69) is 10.0 Å². The summed E-state index contributed by atoms with van der Waals surface area (Å²) in [6.45, 7) is 1.66. The molecule has 1 fully saturated rings. The van der Waals surface area contributed by atoms with Gasteiger partial charge in [-0.2, -0.15) is 0 Å². The highest BCUT2D eigenvalue weighted by Crippen LogP contribution is 2.33. The molecule has 1 aliphatic rings. The molecule has 118 valence electrons. The number of benzene rings is 1. The third kappa shape index (κ3) is 4.57. The molecule has 0 aliphatic carbocycles. The maximum atomic E-state index is 11.9. The molecule has 4 nitrogen and oxygen atoms in total. The van der Waals surface area contributed by atoms with Crippen molar-refractivity contribution in [1.82, 2.24) is 10.0 Å². The van der Waals surface area contributed by atoms with E-state index < -0.39 is 10.0 Å². The first-order chi connectivity index (χ1) is 9.93. The second-order valence-corrected chi connectivity index (χ2v) is 8.16. The molecule has 21 heavy (non-hydrogen) atoms. The second kappa shape index (κ2) is 7.29. The van der Waals surface area contributed by atoms with Crippen LogP contribution in [0.1, 0.15) is 24.3 Å². The van der Waals surface area contributed by atoms with E-state index in [1.165, 1.54) is 7.05 Å². The summed E-state index contributed by atoms with van der Waals surface area (Å²) in [7, 11) is -1.77. The topological polar surface area (TPSA) is 58.2 Å². The Morgan fingerprint density at radius 2 is 2.10 bits per heavy atom. The highest BCUT2D eigenvalue weighted by Gasteiger charge is 2.29. The van der Waals surface area contributed by atoms with Crippen LogP contribution in [-0.2, 0) is 10.0 Å². The van der Waals surface area contributed by atoms with Crippen LogP contribution in [-0.4, -0.2) is 34.3 Å². The molecule has 2 N–H and O–H groups in total. The molecule has 1 aromatic rings. The lowest BCUT2D eigenvalue weighted by Crippen LogP contribution is -2.31. The minimum atomic E-state index is -3.23. The largest absolute Gasteiger partial charge is 0.316 e. The highest BCUT2D eigenvalue weighted by atomic mass is 35.5. The van der Waals surface area contributed by atoms with Gasteiger partial charge < -0.3 is 5.32 Å². The fourth-order valence-electron chi connectivity index (χ4n) is 2.81. The molecule has 0 bridgehead atoms. The molecular weight excluding hydrogens is 331 g/mol. The van der Waals surface area contributed by atoms with E-state index in [1.54, 1.807) is 6.07 Å². The quantitative estimate of drug-likeness (QED) is 0.877. The van der Waals surface area contributed by atoms with Crippen LogP contribution in [0.4, 0.5) is 0 Å². The molecular formula is C14H20Cl2N2O2S. The summed E-state index contributed by atoms with van der Waals surface area (Å²) >= 11 is 12.1. The summed E-state index contributed by atoms with van der Waals surface area (Å²) in [6.07, 6.45) is 1.85. The van der Waals surface area contributed by atoms with Gasteiger partial charge in [0.15, 0.2) is 0 Å². The summed E-state index contributed by atoms with van der Waals surface area (Å²) in [6, 6.07) is 5.55. The van der Waals surface area contributed by atoms with Gasteiger partial charge in [-0.3, -0.25) is 0 Å². The second-order valence-electron chi connectivity index (χ2n) is 5.37. The van der Waals surface area contributed by atoms with Gasteiger partial charge >= 0.3 is 0 Å². The Bertz CT molecular complexity index is 593. The van der Waals surface area contributed by atoms with Crippen molar-refractivity contribution < 1.29 is 8.42 Å². The average molecular weight is 351 g/mol. The fourth-order valence-corrected chi connectivity index (χ4v) is 4.25. The third-order valence-electron chi connectivity index (χ3n) is 3.98. The molecule has 0 aromatic heterocycles. The summed E-state index contributed by atoms with van der Waals surface area (Å²) < 4.78 is 26.2. The zero-order valence-corrected chi connectivity index (χ0v) is 14.2. The Hall–Kier alpha value is -0.330. The normalized spacial score (nSPS) is 23.8. The third-order valence-corrected chi connectivity index (χ3v) is 6.21. The van der Waals surface area contributed by atoms with E-state index in [-0.39, 0.29) is 17.6 Å². The van der Waals surface area contributed by atoms with Crippen LogP contribution in [0.2, 0.25) is 10.0 Å². The molecule has 0 radical (unpaired) electrons. The highest BCUT2D eigenvalue weighted by molar-refractivity contribution is 7.89. The SMILES string of the molecule is CNS(=O)(=O)CC1CCCNCC1c1ccc(Cl)c(Cl)c1. The van der Waals surface area contributed by atoms with Crippen molar-refractivity contribution in [1.29, 1.82) is 0 Å². The van der Waals surface area contributed by atoms with E-state index in [0.717, 1.165) is 31.5 Å². The molecule has 1 aliphatic heterocycles. The Morgan fingerprint density at radius 1 is 1.33 bits per heavy atom. The number of halogens is 2. The van der Waals surface area contributed by atoms with Crippen molar-refractivity contribution >= 4 is 33.2 Å². The Kier molecular flexibility index (Phi) is 5.91. The van der Waals surface area contributed by atoms with Crippen molar-refractivity contribution in [2.24, 2.45) is 5.92 Å². The number of nitrogens with one attached hydrogen (secondary N) is 2. The molecule has 7 heteroatoms. The zero-order chi connectivity index (χ0) is 15.5. The summed E-state index contributed by atoms with van der Waals surface area (Å²) in [5.41, 5.74) is 1.04. The van der Waals surface area contributed by atoms with Gasteiger partial charge in [-0.25, -0.2) is 13.1 Å². The molecule has 2 unspecified atom stereocenters. The number of hydrogen-bond acceptors (Lipinski definition) is 3. The van der Waals surface area contributed by atoms with E-state index >= 15 is 0 Å². The predicted octanol–water partition coefficient (Wildman–Crippen LogP) is 2.63. The van der Waals surface area contributed by atoms with E-state index in [4.69, 9.17) is 23.2 Å². The molecule has 1 aromatic carbocycles. The van der Waals surface area contributed by atoms with E-state index in [1.807, 2.05) is 12.1 Å². The lowest BCUT2D eigenvalue weighted by molar-refractivity contribution is 0.444. The number of sulfonamides is 1. The van der Waals surface area contributed by atoms with Crippen LogP contribution < -0.4 is 10.0 Å². The van der Waals surface area contributed by atoms with Crippen molar-refractivity contribution in [2.45, 2.75) is 18.8 Å². The smallest absolute Gasteiger partial charge is 0.211 e.